The molecular formula is C17H12ClFN2O. The summed E-state index contributed by atoms with van der Waals surface area (Å²) in [6.45, 7) is 1.73. The second-order valence-electron chi connectivity index (χ2n) is 4.92. The Kier molecular flexibility index (Phi) is 3.77. The van der Waals surface area contributed by atoms with Gasteiger partial charge in [-0.25, -0.2) is 9.37 Å². The number of benzene rings is 2. The number of anilines is 1. The summed E-state index contributed by atoms with van der Waals surface area (Å²) in [5.41, 5.74) is 2.29. The molecule has 3 rings (SSSR count). The van der Waals surface area contributed by atoms with Crippen LogP contribution in [0.3, 0.4) is 0 Å². The van der Waals surface area contributed by atoms with Gasteiger partial charge in [-0.15, -0.1) is 0 Å². The van der Waals surface area contributed by atoms with E-state index in [1.807, 2.05) is 18.2 Å². The van der Waals surface area contributed by atoms with E-state index in [9.17, 15) is 9.18 Å². The molecule has 5 heteroatoms. The lowest BCUT2D eigenvalue weighted by Crippen LogP contribution is -2.13. The van der Waals surface area contributed by atoms with Crippen molar-refractivity contribution >= 4 is 34.1 Å². The molecule has 1 N–H and O–H groups in total. The van der Waals surface area contributed by atoms with Crippen LogP contribution in [-0.2, 0) is 0 Å². The number of aryl methyl sites for hydroxylation is 1. The van der Waals surface area contributed by atoms with E-state index in [2.05, 4.69) is 10.3 Å². The molecule has 3 nitrogen and oxygen atoms in total. The summed E-state index contributed by atoms with van der Waals surface area (Å²) in [6, 6.07) is 13.0. The number of amides is 1. The highest BCUT2D eigenvalue weighted by molar-refractivity contribution is 6.30. The topological polar surface area (TPSA) is 42.0 Å². The molecule has 0 saturated heterocycles. The largest absolute Gasteiger partial charge is 0.322 e. The summed E-state index contributed by atoms with van der Waals surface area (Å²) in [5.74, 6) is -0.650. The standard InChI is InChI=1S/C17H12ClFN2O/c1-10-8-11(19)6-7-14(10)21-17(22)13-9-16(18)20-15-5-3-2-4-12(13)15/h2-9H,1H3,(H,21,22). The lowest BCUT2D eigenvalue weighted by Gasteiger charge is -2.10. The Labute approximate surface area is 131 Å². The van der Waals surface area contributed by atoms with E-state index in [-0.39, 0.29) is 16.9 Å². The van der Waals surface area contributed by atoms with Crippen molar-refractivity contribution < 1.29 is 9.18 Å². The molecule has 0 unspecified atom stereocenters. The fourth-order valence-corrected chi connectivity index (χ4v) is 2.49. The van der Waals surface area contributed by atoms with Crippen LogP contribution in [0.5, 0.6) is 0 Å². The molecule has 1 heterocycles. The van der Waals surface area contributed by atoms with Crippen LogP contribution < -0.4 is 5.32 Å². The van der Waals surface area contributed by atoms with Crippen LogP contribution in [0.25, 0.3) is 10.9 Å². The second-order valence-corrected chi connectivity index (χ2v) is 5.31. The number of halogens is 2. The van der Waals surface area contributed by atoms with Gasteiger partial charge in [-0.1, -0.05) is 29.8 Å². The number of hydrogen-bond donors (Lipinski definition) is 1. The molecule has 0 aliphatic heterocycles. The maximum Gasteiger partial charge on any atom is 0.256 e. The van der Waals surface area contributed by atoms with Crippen molar-refractivity contribution in [3.8, 4) is 0 Å². The smallest absolute Gasteiger partial charge is 0.256 e. The molecule has 0 aliphatic rings. The van der Waals surface area contributed by atoms with Crippen LogP contribution in [-0.4, -0.2) is 10.9 Å². The van der Waals surface area contributed by atoms with Gasteiger partial charge in [0.05, 0.1) is 11.1 Å². The monoisotopic (exact) mass is 314 g/mol. The van der Waals surface area contributed by atoms with Gasteiger partial charge in [0.2, 0.25) is 0 Å². The van der Waals surface area contributed by atoms with Crippen molar-refractivity contribution in [2.45, 2.75) is 6.92 Å². The molecule has 0 bridgehead atoms. The first-order valence-electron chi connectivity index (χ1n) is 6.67. The minimum atomic E-state index is -0.340. The van der Waals surface area contributed by atoms with E-state index in [0.717, 1.165) is 0 Å². The number of rotatable bonds is 2. The predicted molar refractivity (Wildman–Crippen MR) is 85.8 cm³/mol. The van der Waals surface area contributed by atoms with Crippen molar-refractivity contribution in [2.75, 3.05) is 5.32 Å². The molecule has 0 radical (unpaired) electrons. The van der Waals surface area contributed by atoms with E-state index in [0.29, 0.717) is 27.7 Å². The van der Waals surface area contributed by atoms with Gasteiger partial charge in [0.25, 0.3) is 5.91 Å². The Bertz CT molecular complexity index is 880. The summed E-state index contributed by atoms with van der Waals surface area (Å²) in [4.78, 5) is 16.7. The lowest BCUT2D eigenvalue weighted by molar-refractivity contribution is 0.102. The highest BCUT2D eigenvalue weighted by Crippen LogP contribution is 2.23. The van der Waals surface area contributed by atoms with Crippen LogP contribution in [0.4, 0.5) is 10.1 Å². The minimum absolute atomic E-state index is 0.250. The van der Waals surface area contributed by atoms with Crippen molar-refractivity contribution in [3.05, 3.63) is 70.6 Å². The Morgan fingerprint density at radius 3 is 2.73 bits per heavy atom. The molecule has 3 aromatic rings. The number of nitrogens with one attached hydrogen (secondary N) is 1. The number of para-hydroxylation sites is 1. The van der Waals surface area contributed by atoms with Crippen LogP contribution in [0.15, 0.2) is 48.5 Å². The molecule has 110 valence electrons. The fraction of sp³-hybridized carbons (Fsp3) is 0.0588. The number of carbonyl (C=O) groups excluding carboxylic acids is 1. The Balaban J connectivity index is 2.02. The third-order valence-corrected chi connectivity index (χ3v) is 3.56. The zero-order valence-corrected chi connectivity index (χ0v) is 12.5. The highest BCUT2D eigenvalue weighted by atomic mass is 35.5. The van der Waals surface area contributed by atoms with Gasteiger partial charge in [0.1, 0.15) is 11.0 Å². The molecule has 0 fully saturated rings. The Morgan fingerprint density at radius 1 is 1.18 bits per heavy atom. The Morgan fingerprint density at radius 2 is 1.95 bits per heavy atom. The van der Waals surface area contributed by atoms with E-state index in [1.54, 1.807) is 13.0 Å². The second kappa shape index (κ2) is 5.73. The zero-order valence-electron chi connectivity index (χ0n) is 11.7. The van der Waals surface area contributed by atoms with E-state index >= 15 is 0 Å². The number of aromatic nitrogens is 1. The minimum Gasteiger partial charge on any atom is -0.322 e. The first-order valence-corrected chi connectivity index (χ1v) is 7.05. The highest BCUT2D eigenvalue weighted by Gasteiger charge is 2.13. The number of hydrogen-bond acceptors (Lipinski definition) is 2. The summed E-state index contributed by atoms with van der Waals surface area (Å²) < 4.78 is 13.1. The van der Waals surface area contributed by atoms with Crippen molar-refractivity contribution in [1.29, 1.82) is 0 Å². The molecule has 1 amide bonds. The van der Waals surface area contributed by atoms with Gasteiger partial charge in [0.15, 0.2) is 0 Å². The van der Waals surface area contributed by atoms with Gasteiger partial charge < -0.3 is 5.32 Å². The quantitative estimate of drug-likeness (QED) is 0.703. The average molecular weight is 315 g/mol. The molecule has 0 saturated carbocycles. The van der Waals surface area contributed by atoms with Crippen LogP contribution >= 0.6 is 11.6 Å². The first-order chi connectivity index (χ1) is 10.5. The third-order valence-electron chi connectivity index (χ3n) is 3.37. The maximum absolute atomic E-state index is 13.1. The van der Waals surface area contributed by atoms with Gasteiger partial charge in [-0.05, 0) is 42.8 Å². The third kappa shape index (κ3) is 2.78. The number of nitrogens with zero attached hydrogens (tertiary/aromatic N) is 1. The lowest BCUT2D eigenvalue weighted by atomic mass is 10.1. The molecule has 2 aromatic carbocycles. The average Bonchev–Trinajstić information content (AvgIpc) is 2.49. The molecule has 1 aromatic heterocycles. The molecule has 22 heavy (non-hydrogen) atoms. The molecular weight excluding hydrogens is 303 g/mol. The summed E-state index contributed by atoms with van der Waals surface area (Å²) in [5, 5.41) is 3.74. The van der Waals surface area contributed by atoms with E-state index in [1.165, 1.54) is 24.3 Å². The van der Waals surface area contributed by atoms with Crippen molar-refractivity contribution in [2.24, 2.45) is 0 Å². The fourth-order valence-electron chi connectivity index (χ4n) is 2.29. The van der Waals surface area contributed by atoms with Gasteiger partial charge in [-0.2, -0.15) is 0 Å². The zero-order chi connectivity index (χ0) is 15.7. The number of fused-ring (bicyclic) bond motifs is 1. The predicted octanol–water partition coefficient (Wildman–Crippen LogP) is 4.59. The van der Waals surface area contributed by atoms with Crippen LogP contribution in [0, 0.1) is 12.7 Å². The molecule has 0 aliphatic carbocycles. The van der Waals surface area contributed by atoms with Gasteiger partial charge >= 0.3 is 0 Å². The summed E-state index contributed by atoms with van der Waals surface area (Å²) in [7, 11) is 0. The molecule has 0 spiro atoms. The van der Waals surface area contributed by atoms with E-state index in [4.69, 9.17) is 11.6 Å². The van der Waals surface area contributed by atoms with Gasteiger partial charge in [0, 0.05) is 11.1 Å². The van der Waals surface area contributed by atoms with Gasteiger partial charge in [-0.3, -0.25) is 4.79 Å². The normalized spacial score (nSPS) is 10.7. The number of pyridine rings is 1. The van der Waals surface area contributed by atoms with Crippen molar-refractivity contribution in [3.63, 3.8) is 0 Å². The van der Waals surface area contributed by atoms with Crippen LogP contribution in [0.2, 0.25) is 5.15 Å². The maximum atomic E-state index is 13.1. The summed E-state index contributed by atoms with van der Waals surface area (Å²) >= 11 is 5.98. The van der Waals surface area contributed by atoms with Crippen molar-refractivity contribution in [1.82, 2.24) is 4.98 Å². The number of carbonyl (C=O) groups is 1. The summed E-state index contributed by atoms with van der Waals surface area (Å²) in [6.07, 6.45) is 0. The molecule has 0 atom stereocenters. The Hall–Kier alpha value is -2.46. The SMILES string of the molecule is Cc1cc(F)ccc1NC(=O)c1cc(Cl)nc2ccccc12. The van der Waals surface area contributed by atoms with Crippen LogP contribution in [0.1, 0.15) is 15.9 Å². The first kappa shape index (κ1) is 14.5. The van der Waals surface area contributed by atoms with E-state index < -0.39 is 0 Å².